The van der Waals surface area contributed by atoms with E-state index >= 15 is 0 Å². The highest BCUT2D eigenvalue weighted by molar-refractivity contribution is 5.73. The maximum absolute atomic E-state index is 11.9. The van der Waals surface area contributed by atoms with Crippen LogP contribution in [0.4, 0.5) is 4.79 Å². The van der Waals surface area contributed by atoms with Crippen LogP contribution in [0.5, 0.6) is 0 Å². The Bertz CT molecular complexity index is 454. The zero-order chi connectivity index (χ0) is 15.9. The van der Waals surface area contributed by atoms with Gasteiger partial charge in [-0.1, -0.05) is 13.8 Å². The van der Waals surface area contributed by atoms with Crippen LogP contribution in [-0.2, 0) is 11.3 Å². The Morgan fingerprint density at radius 3 is 2.67 bits per heavy atom. The molecule has 0 saturated carbocycles. The van der Waals surface area contributed by atoms with Crippen molar-refractivity contribution in [3.05, 3.63) is 24.2 Å². The molecule has 0 atom stereocenters. The van der Waals surface area contributed by atoms with E-state index in [9.17, 15) is 9.59 Å². The number of nitrogens with one attached hydrogen (secondary N) is 1. The summed E-state index contributed by atoms with van der Waals surface area (Å²) >= 11 is 0. The van der Waals surface area contributed by atoms with Gasteiger partial charge in [0.25, 0.3) is 0 Å². The fourth-order valence-electron chi connectivity index (χ4n) is 1.92. The first-order valence-electron chi connectivity index (χ1n) is 7.03. The van der Waals surface area contributed by atoms with Crippen LogP contribution in [0.2, 0.25) is 0 Å². The molecule has 0 bridgehead atoms. The molecule has 0 aliphatic rings. The van der Waals surface area contributed by atoms with E-state index in [1.807, 2.05) is 19.9 Å². The Labute approximate surface area is 125 Å². The molecular weight excluding hydrogens is 272 g/mol. The summed E-state index contributed by atoms with van der Waals surface area (Å²) in [6.45, 7) is 4.96. The molecule has 1 aromatic heterocycles. The molecule has 6 nitrogen and oxygen atoms in total. The van der Waals surface area contributed by atoms with E-state index in [-0.39, 0.29) is 17.9 Å². The lowest BCUT2D eigenvalue weighted by Gasteiger charge is -2.24. The maximum Gasteiger partial charge on any atom is 0.317 e. The molecule has 0 aliphatic carbocycles. The van der Waals surface area contributed by atoms with Crippen molar-refractivity contribution in [2.24, 2.45) is 5.41 Å². The molecule has 0 radical (unpaired) electrons. The third-order valence-electron chi connectivity index (χ3n) is 3.41. The van der Waals surface area contributed by atoms with Crippen molar-refractivity contribution < 1.29 is 19.1 Å². The number of urea groups is 1. The van der Waals surface area contributed by atoms with E-state index in [0.717, 1.165) is 12.2 Å². The lowest BCUT2D eigenvalue weighted by atomic mass is 9.84. The topological polar surface area (TPSA) is 82.8 Å². The summed E-state index contributed by atoms with van der Waals surface area (Å²) in [5, 5.41) is 11.5. The van der Waals surface area contributed by atoms with Crippen LogP contribution < -0.4 is 5.32 Å². The van der Waals surface area contributed by atoms with Gasteiger partial charge in [0.05, 0.1) is 12.8 Å². The van der Waals surface area contributed by atoms with E-state index in [0.29, 0.717) is 19.5 Å². The fraction of sp³-hybridized carbons (Fsp3) is 0.600. The van der Waals surface area contributed by atoms with Crippen LogP contribution in [0, 0.1) is 5.41 Å². The molecule has 1 rings (SSSR count). The Hall–Kier alpha value is -1.98. The Balaban J connectivity index is 2.27. The van der Waals surface area contributed by atoms with Crippen LogP contribution in [-0.4, -0.2) is 35.6 Å². The van der Waals surface area contributed by atoms with Crippen molar-refractivity contribution in [3.63, 3.8) is 0 Å². The van der Waals surface area contributed by atoms with E-state index in [1.165, 1.54) is 0 Å². The minimum atomic E-state index is -0.787. The molecular formula is C15H24N2O4. The van der Waals surface area contributed by atoms with Crippen molar-refractivity contribution >= 4 is 12.0 Å². The molecule has 6 heteroatoms. The summed E-state index contributed by atoms with van der Waals surface area (Å²) in [5.41, 5.74) is -0.106. The van der Waals surface area contributed by atoms with Crippen LogP contribution in [0.1, 0.15) is 38.9 Å². The first kappa shape index (κ1) is 17.1. The normalized spacial score (nSPS) is 11.2. The lowest BCUT2D eigenvalue weighted by Crippen LogP contribution is -2.38. The number of hydrogen-bond donors (Lipinski definition) is 2. The summed E-state index contributed by atoms with van der Waals surface area (Å²) in [6.07, 6.45) is 3.06. The molecule has 2 N–H and O–H groups in total. The Morgan fingerprint density at radius 1 is 1.38 bits per heavy atom. The third-order valence-corrected chi connectivity index (χ3v) is 3.41. The highest BCUT2D eigenvalue weighted by Gasteiger charge is 2.19. The van der Waals surface area contributed by atoms with Gasteiger partial charge < -0.3 is 19.7 Å². The molecule has 2 amide bonds. The first-order chi connectivity index (χ1) is 9.80. The summed E-state index contributed by atoms with van der Waals surface area (Å²) < 4.78 is 5.19. The van der Waals surface area contributed by atoms with E-state index < -0.39 is 5.97 Å². The molecule has 0 unspecified atom stereocenters. The minimum Gasteiger partial charge on any atom is -0.481 e. The molecule has 0 saturated heterocycles. The zero-order valence-electron chi connectivity index (χ0n) is 12.9. The van der Waals surface area contributed by atoms with Gasteiger partial charge in [0.1, 0.15) is 5.76 Å². The molecule has 0 fully saturated rings. The van der Waals surface area contributed by atoms with Crippen molar-refractivity contribution in [1.29, 1.82) is 0 Å². The van der Waals surface area contributed by atoms with E-state index in [4.69, 9.17) is 9.52 Å². The molecule has 0 spiro atoms. The second-order valence-electron chi connectivity index (χ2n) is 5.98. The summed E-state index contributed by atoms with van der Waals surface area (Å²) in [7, 11) is 1.70. The van der Waals surface area contributed by atoms with Gasteiger partial charge in [-0.05, 0) is 30.4 Å². The monoisotopic (exact) mass is 296 g/mol. The molecule has 118 valence electrons. The molecule has 0 aliphatic heterocycles. The van der Waals surface area contributed by atoms with Gasteiger partial charge in [0.15, 0.2) is 0 Å². The van der Waals surface area contributed by atoms with Crippen molar-refractivity contribution in [2.45, 2.75) is 39.7 Å². The third kappa shape index (κ3) is 6.83. The minimum absolute atomic E-state index is 0.106. The Kier molecular flexibility index (Phi) is 6.27. The maximum atomic E-state index is 11.9. The quantitative estimate of drug-likeness (QED) is 0.772. The number of amides is 2. The highest BCUT2D eigenvalue weighted by Crippen LogP contribution is 2.25. The van der Waals surface area contributed by atoms with Gasteiger partial charge in [-0.15, -0.1) is 0 Å². The number of carboxylic acid groups (broad SMARTS) is 1. The number of rotatable bonds is 8. The SMILES string of the molecule is CN(Cc1ccco1)C(=O)NCCC(C)(C)CCC(=O)O. The largest absolute Gasteiger partial charge is 0.481 e. The summed E-state index contributed by atoms with van der Waals surface area (Å²) in [4.78, 5) is 24.0. The van der Waals surface area contributed by atoms with Gasteiger partial charge >= 0.3 is 12.0 Å². The Morgan fingerprint density at radius 2 is 2.10 bits per heavy atom. The van der Waals surface area contributed by atoms with Gasteiger partial charge in [-0.3, -0.25) is 4.79 Å². The number of carbonyl (C=O) groups is 2. The average Bonchev–Trinajstić information content (AvgIpc) is 2.89. The number of nitrogens with zero attached hydrogens (tertiary/aromatic N) is 1. The summed E-state index contributed by atoms with van der Waals surface area (Å²) in [6, 6.07) is 3.44. The smallest absolute Gasteiger partial charge is 0.317 e. The van der Waals surface area contributed by atoms with E-state index in [2.05, 4.69) is 5.32 Å². The summed E-state index contributed by atoms with van der Waals surface area (Å²) in [5.74, 6) is -0.0558. The van der Waals surface area contributed by atoms with Crippen LogP contribution in [0.3, 0.4) is 0 Å². The molecule has 21 heavy (non-hydrogen) atoms. The van der Waals surface area contributed by atoms with Crippen LogP contribution in [0.25, 0.3) is 0 Å². The van der Waals surface area contributed by atoms with Gasteiger partial charge in [-0.25, -0.2) is 4.79 Å². The average molecular weight is 296 g/mol. The van der Waals surface area contributed by atoms with Crippen LogP contribution >= 0.6 is 0 Å². The first-order valence-corrected chi connectivity index (χ1v) is 7.03. The van der Waals surface area contributed by atoms with Gasteiger partial charge in [0, 0.05) is 20.0 Å². The highest BCUT2D eigenvalue weighted by atomic mass is 16.4. The van der Waals surface area contributed by atoms with Gasteiger partial charge in [-0.2, -0.15) is 0 Å². The number of carbonyl (C=O) groups excluding carboxylic acids is 1. The lowest BCUT2D eigenvalue weighted by molar-refractivity contribution is -0.137. The predicted molar refractivity (Wildman–Crippen MR) is 78.8 cm³/mol. The van der Waals surface area contributed by atoms with Crippen molar-refractivity contribution in [3.8, 4) is 0 Å². The van der Waals surface area contributed by atoms with Crippen molar-refractivity contribution in [2.75, 3.05) is 13.6 Å². The predicted octanol–water partition coefficient (Wildman–Crippen LogP) is 2.70. The van der Waals surface area contributed by atoms with Gasteiger partial charge in [0.2, 0.25) is 0 Å². The second-order valence-corrected chi connectivity index (χ2v) is 5.98. The molecule has 0 aromatic carbocycles. The number of hydrogen-bond acceptors (Lipinski definition) is 3. The zero-order valence-corrected chi connectivity index (χ0v) is 12.9. The molecule has 1 heterocycles. The number of carboxylic acids is 1. The fourth-order valence-corrected chi connectivity index (χ4v) is 1.92. The van der Waals surface area contributed by atoms with E-state index in [1.54, 1.807) is 24.3 Å². The number of furan rings is 1. The number of aliphatic carboxylic acids is 1. The standard InChI is InChI=1S/C15H24N2O4/c1-15(2,7-6-13(18)19)8-9-16-14(20)17(3)11-12-5-4-10-21-12/h4-5,10H,6-9,11H2,1-3H3,(H,16,20)(H,18,19). The molecule has 1 aromatic rings. The van der Waals surface area contributed by atoms with Crippen molar-refractivity contribution in [1.82, 2.24) is 10.2 Å². The van der Waals surface area contributed by atoms with Crippen LogP contribution in [0.15, 0.2) is 22.8 Å². The second kappa shape index (κ2) is 7.71.